The maximum absolute atomic E-state index is 9.62. The van der Waals surface area contributed by atoms with Crippen molar-refractivity contribution in [3.05, 3.63) is 6.61 Å². The van der Waals surface area contributed by atoms with E-state index >= 15 is 0 Å². The second kappa shape index (κ2) is 4.14. The molecule has 0 aromatic rings. The first-order valence-electron chi connectivity index (χ1n) is 4.84. The predicted octanol–water partition coefficient (Wildman–Crippen LogP) is 0.0659. The topological polar surface area (TPSA) is 69.9 Å². The van der Waals surface area contributed by atoms with E-state index in [9.17, 15) is 15.3 Å². The quantitative estimate of drug-likeness (QED) is 0.564. The van der Waals surface area contributed by atoms with Crippen LogP contribution in [-0.4, -0.2) is 39.7 Å². The van der Waals surface area contributed by atoms with Crippen LogP contribution in [0, 0.1) is 12.0 Å². The third kappa shape index (κ3) is 2.92. The van der Waals surface area contributed by atoms with Crippen LogP contribution in [0.4, 0.5) is 0 Å². The highest BCUT2D eigenvalue weighted by Crippen LogP contribution is 2.29. The first-order valence-corrected chi connectivity index (χ1v) is 4.84. The lowest BCUT2D eigenvalue weighted by Gasteiger charge is -2.37. The molecule has 1 aliphatic rings. The summed E-state index contributed by atoms with van der Waals surface area (Å²) >= 11 is 0. The Morgan fingerprint density at radius 1 is 1.14 bits per heavy atom. The van der Waals surface area contributed by atoms with Gasteiger partial charge < -0.3 is 20.1 Å². The van der Waals surface area contributed by atoms with Crippen LogP contribution in [0.1, 0.15) is 27.2 Å². The molecule has 1 heterocycles. The number of aliphatic hydroxyl groups excluding tert-OH is 3. The van der Waals surface area contributed by atoms with Crippen molar-refractivity contribution in [1.82, 2.24) is 0 Å². The molecule has 1 fully saturated rings. The van der Waals surface area contributed by atoms with E-state index in [1.807, 2.05) is 20.8 Å². The van der Waals surface area contributed by atoms with E-state index in [4.69, 9.17) is 4.74 Å². The molecule has 1 aliphatic heterocycles. The van der Waals surface area contributed by atoms with Crippen LogP contribution in [0.3, 0.4) is 0 Å². The summed E-state index contributed by atoms with van der Waals surface area (Å²) in [7, 11) is 0. The smallest absolute Gasteiger partial charge is 0.115 e. The molecule has 1 rings (SSSR count). The Morgan fingerprint density at radius 3 is 2.21 bits per heavy atom. The van der Waals surface area contributed by atoms with Gasteiger partial charge in [-0.25, -0.2) is 0 Å². The molecule has 4 heteroatoms. The van der Waals surface area contributed by atoms with E-state index in [1.54, 1.807) is 0 Å². The summed E-state index contributed by atoms with van der Waals surface area (Å²) in [5.41, 5.74) is 0.0154. The summed E-state index contributed by atoms with van der Waals surface area (Å²) < 4.78 is 5.16. The van der Waals surface area contributed by atoms with Gasteiger partial charge in [-0.3, -0.25) is 0 Å². The van der Waals surface area contributed by atoms with Crippen molar-refractivity contribution in [3.63, 3.8) is 0 Å². The van der Waals surface area contributed by atoms with E-state index < -0.39 is 24.4 Å². The summed E-state index contributed by atoms with van der Waals surface area (Å²) in [6.45, 7) is 7.27. The molecule has 0 aliphatic carbocycles. The molecule has 14 heavy (non-hydrogen) atoms. The van der Waals surface area contributed by atoms with Crippen molar-refractivity contribution in [3.8, 4) is 0 Å². The highest BCUT2D eigenvalue weighted by Gasteiger charge is 2.39. The monoisotopic (exact) mass is 203 g/mol. The van der Waals surface area contributed by atoms with Crippen molar-refractivity contribution >= 4 is 0 Å². The maximum atomic E-state index is 9.62. The minimum atomic E-state index is -1.14. The van der Waals surface area contributed by atoms with Crippen molar-refractivity contribution in [2.24, 2.45) is 5.41 Å². The fraction of sp³-hybridized carbons (Fsp3) is 0.900. The van der Waals surface area contributed by atoms with Crippen LogP contribution in [0.15, 0.2) is 0 Å². The largest absolute Gasteiger partial charge is 0.388 e. The Balaban J connectivity index is 2.55. The van der Waals surface area contributed by atoms with Gasteiger partial charge in [0.1, 0.15) is 24.9 Å². The van der Waals surface area contributed by atoms with Crippen LogP contribution < -0.4 is 0 Å². The van der Waals surface area contributed by atoms with Crippen molar-refractivity contribution in [2.75, 3.05) is 0 Å². The molecule has 0 bridgehead atoms. The fourth-order valence-electron chi connectivity index (χ4n) is 1.54. The van der Waals surface area contributed by atoms with E-state index in [0.717, 1.165) is 0 Å². The van der Waals surface area contributed by atoms with Crippen LogP contribution >= 0.6 is 0 Å². The molecule has 1 radical (unpaired) electrons. The number of ether oxygens (including phenoxy) is 1. The average Bonchev–Trinajstić information content (AvgIpc) is 2.04. The molecular formula is C10H19O4. The first kappa shape index (κ1) is 11.9. The van der Waals surface area contributed by atoms with Gasteiger partial charge in [0.25, 0.3) is 0 Å². The average molecular weight is 203 g/mol. The molecule has 83 valence electrons. The van der Waals surface area contributed by atoms with Crippen LogP contribution in [0.2, 0.25) is 0 Å². The predicted molar refractivity (Wildman–Crippen MR) is 51.3 cm³/mol. The second-order valence-electron chi connectivity index (χ2n) is 5.05. The Bertz CT molecular complexity index is 187. The summed E-state index contributed by atoms with van der Waals surface area (Å²) in [6, 6.07) is 0. The molecule has 0 aromatic heterocycles. The lowest BCUT2D eigenvalue weighted by Crippen LogP contribution is -2.51. The number of hydrogen-bond donors (Lipinski definition) is 3. The minimum Gasteiger partial charge on any atom is -0.388 e. The highest BCUT2D eigenvalue weighted by atomic mass is 16.5. The van der Waals surface area contributed by atoms with Gasteiger partial charge in [-0.05, 0) is 11.8 Å². The third-order valence-electron chi connectivity index (χ3n) is 2.29. The van der Waals surface area contributed by atoms with Gasteiger partial charge in [0.05, 0.1) is 6.10 Å². The van der Waals surface area contributed by atoms with E-state index in [2.05, 4.69) is 0 Å². The first-order chi connectivity index (χ1) is 6.31. The van der Waals surface area contributed by atoms with Crippen molar-refractivity contribution in [1.29, 1.82) is 0 Å². The molecule has 0 aromatic carbocycles. The zero-order valence-corrected chi connectivity index (χ0v) is 8.84. The summed E-state index contributed by atoms with van der Waals surface area (Å²) in [5.74, 6) is 0. The molecule has 3 N–H and O–H groups in total. The van der Waals surface area contributed by atoms with E-state index in [0.29, 0.717) is 6.42 Å². The van der Waals surface area contributed by atoms with Gasteiger partial charge in [0, 0.05) is 0 Å². The van der Waals surface area contributed by atoms with Gasteiger partial charge in [-0.2, -0.15) is 0 Å². The van der Waals surface area contributed by atoms with Crippen molar-refractivity contribution < 1.29 is 20.1 Å². The Labute approximate surface area is 84.5 Å². The number of rotatable bonds is 1. The van der Waals surface area contributed by atoms with Gasteiger partial charge >= 0.3 is 0 Å². The summed E-state index contributed by atoms with van der Waals surface area (Å²) in [5, 5.41) is 28.2. The maximum Gasteiger partial charge on any atom is 0.115 e. The number of aliphatic hydroxyl groups is 3. The number of hydrogen-bond acceptors (Lipinski definition) is 4. The van der Waals surface area contributed by atoms with Crippen LogP contribution in [-0.2, 0) is 4.74 Å². The lowest BCUT2D eigenvalue weighted by molar-refractivity contribution is -0.167. The van der Waals surface area contributed by atoms with Crippen molar-refractivity contribution in [2.45, 2.75) is 51.6 Å². The normalized spacial score (nSPS) is 39.9. The highest BCUT2D eigenvalue weighted by molar-refractivity contribution is 4.92. The van der Waals surface area contributed by atoms with Gasteiger partial charge in [-0.15, -0.1) is 0 Å². The summed E-state index contributed by atoms with van der Waals surface area (Å²) in [6.07, 6.45) is -3.06. The van der Waals surface area contributed by atoms with E-state index in [1.165, 1.54) is 6.61 Å². The van der Waals surface area contributed by atoms with Gasteiger partial charge in [0.2, 0.25) is 0 Å². The Kier molecular flexibility index (Phi) is 3.53. The molecule has 0 spiro atoms. The Morgan fingerprint density at radius 2 is 1.71 bits per heavy atom. The van der Waals surface area contributed by atoms with Crippen LogP contribution in [0.5, 0.6) is 0 Å². The molecule has 1 saturated heterocycles. The molecule has 0 saturated carbocycles. The zero-order valence-electron chi connectivity index (χ0n) is 8.84. The molecule has 0 unspecified atom stereocenters. The molecule has 4 atom stereocenters. The standard InChI is InChI=1S/C10H19O4/c1-10(2,3)4-7-9(13)8(12)6(11)5-14-7/h5-9,11-13H,4H2,1-3H3/t6-,7+,8+,9-/m1/s1. The van der Waals surface area contributed by atoms with Crippen LogP contribution in [0.25, 0.3) is 0 Å². The zero-order chi connectivity index (χ0) is 10.9. The SMILES string of the molecule is CC(C)(C)C[C@@H]1O[CH][C@@H](O)[C@H](O)[C@@H]1O. The Hall–Kier alpha value is -0.160. The lowest BCUT2D eigenvalue weighted by atomic mass is 9.85. The minimum absolute atomic E-state index is 0.0154. The summed E-state index contributed by atoms with van der Waals surface area (Å²) in [4.78, 5) is 0. The third-order valence-corrected chi connectivity index (χ3v) is 2.29. The fourth-order valence-corrected chi connectivity index (χ4v) is 1.54. The molecule has 4 nitrogen and oxygen atoms in total. The van der Waals surface area contributed by atoms with Gasteiger partial charge in [-0.1, -0.05) is 20.8 Å². The molecular weight excluding hydrogens is 184 g/mol. The molecule has 0 amide bonds. The van der Waals surface area contributed by atoms with Gasteiger partial charge in [0.15, 0.2) is 0 Å². The van der Waals surface area contributed by atoms with E-state index in [-0.39, 0.29) is 5.41 Å². The second-order valence-corrected chi connectivity index (χ2v) is 5.05.